The molecule has 0 bridgehead atoms. The first kappa shape index (κ1) is 18.9. The Kier molecular flexibility index (Phi) is 7.69. The van der Waals surface area contributed by atoms with Crippen molar-refractivity contribution in [1.29, 1.82) is 0 Å². The number of amides is 1. The Morgan fingerprint density at radius 3 is 2.58 bits per heavy atom. The second kappa shape index (κ2) is 9.77. The molecule has 24 heavy (non-hydrogen) atoms. The summed E-state index contributed by atoms with van der Waals surface area (Å²) in [6, 6.07) is 9.85. The number of nitrogens with two attached hydrogens (primary N) is 1. The zero-order chi connectivity index (χ0) is 17.4. The van der Waals surface area contributed by atoms with Gasteiger partial charge in [0.25, 0.3) is 0 Å². The van der Waals surface area contributed by atoms with Gasteiger partial charge < -0.3 is 15.4 Å². The van der Waals surface area contributed by atoms with E-state index in [4.69, 9.17) is 10.5 Å². The monoisotopic (exact) mass is 333 g/mol. The van der Waals surface area contributed by atoms with E-state index in [1.165, 1.54) is 0 Å². The van der Waals surface area contributed by atoms with E-state index in [0.29, 0.717) is 6.54 Å². The number of rotatable bonds is 8. The van der Waals surface area contributed by atoms with Gasteiger partial charge in [-0.05, 0) is 18.9 Å². The first-order valence-electron chi connectivity index (χ1n) is 9.02. The number of hydrogen-bond acceptors (Lipinski definition) is 4. The molecular formula is C19H31N3O2. The summed E-state index contributed by atoms with van der Waals surface area (Å²) in [5, 5.41) is 0. The second-order valence-electron chi connectivity index (χ2n) is 6.61. The summed E-state index contributed by atoms with van der Waals surface area (Å²) in [7, 11) is 0. The van der Waals surface area contributed by atoms with Crippen LogP contribution < -0.4 is 5.73 Å². The lowest BCUT2D eigenvalue weighted by Crippen LogP contribution is -2.52. The second-order valence-corrected chi connectivity index (χ2v) is 6.61. The highest BCUT2D eigenvalue weighted by Crippen LogP contribution is 2.13. The van der Waals surface area contributed by atoms with Crippen molar-refractivity contribution in [2.75, 3.05) is 32.8 Å². The smallest absolute Gasteiger partial charge is 0.240 e. The first-order valence-corrected chi connectivity index (χ1v) is 9.02. The molecule has 2 rings (SSSR count). The summed E-state index contributed by atoms with van der Waals surface area (Å²) in [6.07, 6.45) is 1.65. The number of nitrogens with zero attached hydrogens (tertiary/aromatic N) is 2. The molecule has 0 aromatic heterocycles. The molecule has 5 nitrogen and oxygen atoms in total. The highest BCUT2D eigenvalue weighted by atomic mass is 16.5. The maximum Gasteiger partial charge on any atom is 0.240 e. The molecule has 1 fully saturated rings. The van der Waals surface area contributed by atoms with Crippen molar-refractivity contribution in [2.24, 2.45) is 5.73 Å². The van der Waals surface area contributed by atoms with Crippen molar-refractivity contribution in [3.63, 3.8) is 0 Å². The SMILES string of the molecule is CCCC(N)C(=O)N(Cc1ccccc1)C(C)CN1CCOCC1. The Labute approximate surface area is 145 Å². The summed E-state index contributed by atoms with van der Waals surface area (Å²) in [5.41, 5.74) is 7.27. The molecule has 0 spiro atoms. The van der Waals surface area contributed by atoms with Crippen LogP contribution >= 0.6 is 0 Å². The van der Waals surface area contributed by atoms with Gasteiger partial charge in [0.1, 0.15) is 0 Å². The zero-order valence-corrected chi connectivity index (χ0v) is 15.0. The lowest BCUT2D eigenvalue weighted by atomic mass is 10.1. The van der Waals surface area contributed by atoms with Crippen molar-refractivity contribution in [3.05, 3.63) is 35.9 Å². The van der Waals surface area contributed by atoms with Gasteiger partial charge in [-0.25, -0.2) is 0 Å². The molecule has 1 aliphatic heterocycles. The van der Waals surface area contributed by atoms with Crippen LogP contribution in [0.2, 0.25) is 0 Å². The molecule has 0 aliphatic carbocycles. The Hall–Kier alpha value is -1.43. The van der Waals surface area contributed by atoms with Crippen LogP contribution in [0.5, 0.6) is 0 Å². The van der Waals surface area contributed by atoms with Crippen LogP contribution in [-0.2, 0) is 16.1 Å². The van der Waals surface area contributed by atoms with Crippen LogP contribution in [0.15, 0.2) is 30.3 Å². The summed E-state index contributed by atoms with van der Waals surface area (Å²) < 4.78 is 5.41. The van der Waals surface area contributed by atoms with E-state index in [2.05, 4.69) is 30.9 Å². The van der Waals surface area contributed by atoms with E-state index < -0.39 is 6.04 Å². The average molecular weight is 333 g/mol. The fourth-order valence-electron chi connectivity index (χ4n) is 3.13. The molecule has 0 radical (unpaired) electrons. The average Bonchev–Trinajstić information content (AvgIpc) is 2.61. The highest BCUT2D eigenvalue weighted by Gasteiger charge is 2.26. The maximum absolute atomic E-state index is 12.9. The molecular weight excluding hydrogens is 302 g/mol. The summed E-state index contributed by atoms with van der Waals surface area (Å²) >= 11 is 0. The van der Waals surface area contributed by atoms with Crippen LogP contribution in [0, 0.1) is 0 Å². The molecule has 1 saturated heterocycles. The van der Waals surface area contributed by atoms with Crippen LogP contribution in [-0.4, -0.2) is 60.6 Å². The Bertz CT molecular complexity index is 489. The van der Waals surface area contributed by atoms with Gasteiger partial charge in [0.05, 0.1) is 19.3 Å². The number of carbonyl (C=O) groups excluding carboxylic acids is 1. The molecule has 1 aromatic carbocycles. The molecule has 2 N–H and O–H groups in total. The summed E-state index contributed by atoms with van der Waals surface area (Å²) in [5.74, 6) is 0.0569. The van der Waals surface area contributed by atoms with E-state index in [0.717, 1.165) is 51.3 Å². The first-order chi connectivity index (χ1) is 11.6. The summed E-state index contributed by atoms with van der Waals surface area (Å²) in [4.78, 5) is 17.2. The van der Waals surface area contributed by atoms with E-state index in [1.807, 2.05) is 23.1 Å². The molecule has 1 amide bonds. The number of morpholine rings is 1. The highest BCUT2D eigenvalue weighted by molar-refractivity contribution is 5.81. The Morgan fingerprint density at radius 1 is 1.29 bits per heavy atom. The molecule has 1 heterocycles. The molecule has 1 aromatic rings. The number of benzene rings is 1. The molecule has 2 unspecified atom stereocenters. The number of hydrogen-bond donors (Lipinski definition) is 1. The third-order valence-corrected chi connectivity index (χ3v) is 4.55. The zero-order valence-electron chi connectivity index (χ0n) is 15.0. The molecule has 5 heteroatoms. The minimum Gasteiger partial charge on any atom is -0.379 e. The van der Waals surface area contributed by atoms with Gasteiger partial charge in [-0.1, -0.05) is 43.7 Å². The van der Waals surface area contributed by atoms with E-state index in [-0.39, 0.29) is 11.9 Å². The van der Waals surface area contributed by atoms with Gasteiger partial charge in [0.2, 0.25) is 5.91 Å². The van der Waals surface area contributed by atoms with Crippen molar-refractivity contribution in [3.8, 4) is 0 Å². The molecule has 134 valence electrons. The van der Waals surface area contributed by atoms with Crippen LogP contribution in [0.4, 0.5) is 0 Å². The van der Waals surface area contributed by atoms with Gasteiger partial charge in [-0.15, -0.1) is 0 Å². The fraction of sp³-hybridized carbons (Fsp3) is 0.632. The van der Waals surface area contributed by atoms with Gasteiger partial charge >= 0.3 is 0 Å². The van der Waals surface area contributed by atoms with Crippen molar-refractivity contribution >= 4 is 5.91 Å². The summed E-state index contributed by atoms with van der Waals surface area (Å²) in [6.45, 7) is 9.06. The number of carbonyl (C=O) groups is 1. The molecule has 2 atom stereocenters. The van der Waals surface area contributed by atoms with Gasteiger partial charge in [0, 0.05) is 32.2 Å². The van der Waals surface area contributed by atoms with Gasteiger partial charge in [-0.3, -0.25) is 9.69 Å². The largest absolute Gasteiger partial charge is 0.379 e. The van der Waals surface area contributed by atoms with Crippen LogP contribution in [0.3, 0.4) is 0 Å². The van der Waals surface area contributed by atoms with Gasteiger partial charge in [0.15, 0.2) is 0 Å². The van der Waals surface area contributed by atoms with Crippen LogP contribution in [0.25, 0.3) is 0 Å². The van der Waals surface area contributed by atoms with Crippen molar-refractivity contribution < 1.29 is 9.53 Å². The topological polar surface area (TPSA) is 58.8 Å². The Morgan fingerprint density at radius 2 is 1.96 bits per heavy atom. The van der Waals surface area contributed by atoms with Gasteiger partial charge in [-0.2, -0.15) is 0 Å². The molecule has 1 aliphatic rings. The fourth-order valence-corrected chi connectivity index (χ4v) is 3.13. The Balaban J connectivity index is 2.06. The lowest BCUT2D eigenvalue weighted by Gasteiger charge is -2.36. The predicted molar refractivity (Wildman–Crippen MR) is 96.6 cm³/mol. The van der Waals surface area contributed by atoms with Crippen molar-refractivity contribution in [1.82, 2.24) is 9.80 Å². The van der Waals surface area contributed by atoms with E-state index >= 15 is 0 Å². The number of ether oxygens (including phenoxy) is 1. The lowest BCUT2D eigenvalue weighted by molar-refractivity contribution is -0.136. The quantitative estimate of drug-likeness (QED) is 0.789. The van der Waals surface area contributed by atoms with E-state index in [9.17, 15) is 4.79 Å². The minimum atomic E-state index is -0.411. The standard InChI is InChI=1S/C19H31N3O2/c1-3-7-18(20)19(23)22(15-17-8-5-4-6-9-17)16(2)14-21-10-12-24-13-11-21/h4-6,8-9,16,18H,3,7,10-15,20H2,1-2H3. The van der Waals surface area contributed by atoms with E-state index in [1.54, 1.807) is 0 Å². The minimum absolute atomic E-state index is 0.0569. The van der Waals surface area contributed by atoms with Crippen molar-refractivity contribution in [2.45, 2.75) is 45.3 Å². The third-order valence-electron chi connectivity index (χ3n) is 4.55. The predicted octanol–water partition coefficient (Wildman–Crippen LogP) is 1.86. The molecule has 0 saturated carbocycles. The third kappa shape index (κ3) is 5.58. The normalized spacial score (nSPS) is 18.1. The van der Waals surface area contributed by atoms with Crippen LogP contribution in [0.1, 0.15) is 32.3 Å². The maximum atomic E-state index is 12.9.